The molecule has 1 fully saturated rings. The minimum Gasteiger partial charge on any atom is -0.333 e. The minimum atomic E-state index is -4.24. The fourth-order valence-corrected chi connectivity index (χ4v) is 1.33. The van der Waals surface area contributed by atoms with Gasteiger partial charge in [-0.15, -0.1) is 0 Å². The maximum atomic E-state index is 12.3. The van der Waals surface area contributed by atoms with Gasteiger partial charge in [-0.25, -0.2) is 10.8 Å². The molecule has 0 saturated heterocycles. The molecule has 1 aliphatic carbocycles. The van der Waals surface area contributed by atoms with Gasteiger partial charge in [-0.1, -0.05) is 6.92 Å². The van der Waals surface area contributed by atoms with Crippen LogP contribution in [0.5, 0.6) is 0 Å². The lowest BCUT2D eigenvalue weighted by Gasteiger charge is -2.26. The van der Waals surface area contributed by atoms with Crippen molar-refractivity contribution in [3.8, 4) is 0 Å². The Kier molecular flexibility index (Phi) is 4.40. The van der Waals surface area contributed by atoms with Gasteiger partial charge in [0.25, 0.3) is 0 Å². The molecule has 4 nitrogen and oxygen atoms in total. The van der Waals surface area contributed by atoms with E-state index in [-0.39, 0.29) is 18.5 Å². The second kappa shape index (κ2) is 5.38. The van der Waals surface area contributed by atoms with Crippen LogP contribution >= 0.6 is 0 Å². The average Bonchev–Trinajstić information content (AvgIpc) is 2.95. The van der Waals surface area contributed by atoms with Crippen LogP contribution in [0.3, 0.4) is 0 Å². The van der Waals surface area contributed by atoms with Gasteiger partial charge in [0.05, 0.1) is 6.04 Å². The van der Waals surface area contributed by atoms with Gasteiger partial charge in [0, 0.05) is 6.54 Å². The molecular formula is C9H17F3N4. The summed E-state index contributed by atoms with van der Waals surface area (Å²) in [5.74, 6) is 5.35. The van der Waals surface area contributed by atoms with E-state index in [4.69, 9.17) is 5.84 Å². The molecule has 0 radical (unpaired) electrons. The number of nitrogens with zero attached hydrogens (tertiary/aromatic N) is 2. The summed E-state index contributed by atoms with van der Waals surface area (Å²) in [6.07, 6.45) is -1.77. The van der Waals surface area contributed by atoms with Crippen LogP contribution in [0.25, 0.3) is 0 Å². The zero-order valence-electron chi connectivity index (χ0n) is 9.22. The third-order valence-electron chi connectivity index (χ3n) is 2.14. The van der Waals surface area contributed by atoms with E-state index >= 15 is 0 Å². The Morgan fingerprint density at radius 1 is 1.50 bits per heavy atom. The number of halogens is 3. The minimum absolute atomic E-state index is 0.138. The van der Waals surface area contributed by atoms with Crippen LogP contribution in [0.1, 0.15) is 26.2 Å². The Morgan fingerprint density at radius 2 is 2.12 bits per heavy atom. The number of rotatable bonds is 4. The molecule has 1 rings (SSSR count). The van der Waals surface area contributed by atoms with Crippen molar-refractivity contribution in [2.45, 2.75) is 38.4 Å². The second-order valence-corrected chi connectivity index (χ2v) is 3.86. The summed E-state index contributed by atoms with van der Waals surface area (Å²) >= 11 is 0. The van der Waals surface area contributed by atoms with Crippen molar-refractivity contribution in [2.75, 3.05) is 13.1 Å². The van der Waals surface area contributed by atoms with Crippen molar-refractivity contribution in [1.82, 2.24) is 10.3 Å². The van der Waals surface area contributed by atoms with Crippen LogP contribution in [0, 0.1) is 0 Å². The first-order valence-corrected chi connectivity index (χ1v) is 5.32. The van der Waals surface area contributed by atoms with E-state index < -0.39 is 12.7 Å². The number of nitrogens with one attached hydrogen (secondary N) is 1. The lowest BCUT2D eigenvalue weighted by Crippen LogP contribution is -2.48. The topological polar surface area (TPSA) is 53.6 Å². The van der Waals surface area contributed by atoms with Gasteiger partial charge in [-0.05, 0) is 19.3 Å². The third-order valence-corrected chi connectivity index (χ3v) is 2.14. The number of hydrogen-bond acceptors (Lipinski definition) is 2. The van der Waals surface area contributed by atoms with Crippen LogP contribution in [0.4, 0.5) is 13.2 Å². The molecule has 1 aliphatic rings. The van der Waals surface area contributed by atoms with Crippen LogP contribution < -0.4 is 11.3 Å². The highest BCUT2D eigenvalue weighted by Crippen LogP contribution is 2.24. The highest BCUT2D eigenvalue weighted by atomic mass is 19.4. The van der Waals surface area contributed by atoms with Gasteiger partial charge in [-0.2, -0.15) is 13.2 Å². The lowest BCUT2D eigenvalue weighted by atomic mass is 10.4. The van der Waals surface area contributed by atoms with E-state index in [2.05, 4.69) is 10.4 Å². The molecule has 0 spiro atoms. The summed E-state index contributed by atoms with van der Waals surface area (Å²) in [7, 11) is 0. The molecule has 3 N–H and O–H groups in total. The number of guanidine groups is 1. The van der Waals surface area contributed by atoms with E-state index in [1.807, 2.05) is 6.92 Å². The van der Waals surface area contributed by atoms with Gasteiger partial charge >= 0.3 is 6.18 Å². The van der Waals surface area contributed by atoms with Crippen LogP contribution in [-0.4, -0.2) is 36.2 Å². The molecule has 0 aliphatic heterocycles. The van der Waals surface area contributed by atoms with Gasteiger partial charge in [0.1, 0.15) is 6.54 Å². The molecule has 0 amide bonds. The molecule has 0 heterocycles. The number of alkyl halides is 3. The van der Waals surface area contributed by atoms with Gasteiger partial charge < -0.3 is 4.90 Å². The van der Waals surface area contributed by atoms with E-state index in [1.165, 1.54) is 0 Å². The lowest BCUT2D eigenvalue weighted by molar-refractivity contribution is -0.138. The van der Waals surface area contributed by atoms with Gasteiger partial charge in [0.15, 0.2) is 0 Å². The Labute approximate surface area is 92.7 Å². The number of aliphatic imine (C=N–C) groups is 1. The smallest absolute Gasteiger partial charge is 0.333 e. The predicted octanol–water partition coefficient (Wildman–Crippen LogP) is 1.24. The molecule has 16 heavy (non-hydrogen) atoms. The van der Waals surface area contributed by atoms with Crippen LogP contribution in [0.15, 0.2) is 4.99 Å². The van der Waals surface area contributed by atoms with E-state index in [0.29, 0.717) is 6.42 Å². The fourth-order valence-electron chi connectivity index (χ4n) is 1.33. The molecule has 0 unspecified atom stereocenters. The summed E-state index contributed by atoms with van der Waals surface area (Å²) in [5.41, 5.74) is 2.26. The molecular weight excluding hydrogens is 221 g/mol. The molecule has 0 aromatic rings. The first-order valence-electron chi connectivity index (χ1n) is 5.32. The molecule has 1 saturated carbocycles. The van der Waals surface area contributed by atoms with Gasteiger partial charge in [0.2, 0.25) is 5.96 Å². The SMILES string of the molecule is CCCN(CC(F)(F)F)C(=NC1CC1)NN. The monoisotopic (exact) mass is 238 g/mol. The Hall–Kier alpha value is -0.980. The highest BCUT2D eigenvalue weighted by Gasteiger charge is 2.32. The summed E-state index contributed by atoms with van der Waals surface area (Å²) in [5, 5.41) is 0. The summed E-state index contributed by atoms with van der Waals surface area (Å²) in [4.78, 5) is 5.25. The van der Waals surface area contributed by atoms with Crippen molar-refractivity contribution < 1.29 is 13.2 Å². The summed E-state index contributed by atoms with van der Waals surface area (Å²) in [6, 6.07) is 0.138. The standard InChI is InChI=1S/C9H17F3N4/c1-2-5-16(6-9(10,11)12)8(15-13)14-7-3-4-7/h7H,2-6,13H2,1H3,(H,14,15). The quantitative estimate of drug-likeness (QED) is 0.335. The Bertz CT molecular complexity index is 248. The van der Waals surface area contributed by atoms with E-state index in [0.717, 1.165) is 17.7 Å². The predicted molar refractivity (Wildman–Crippen MR) is 55.7 cm³/mol. The van der Waals surface area contributed by atoms with E-state index in [9.17, 15) is 13.2 Å². The first kappa shape index (κ1) is 13.1. The Morgan fingerprint density at radius 3 is 2.50 bits per heavy atom. The molecule has 0 aromatic carbocycles. The molecule has 7 heteroatoms. The van der Waals surface area contributed by atoms with E-state index in [1.54, 1.807) is 0 Å². The summed E-state index contributed by atoms with van der Waals surface area (Å²) < 4.78 is 36.9. The zero-order chi connectivity index (χ0) is 12.2. The largest absolute Gasteiger partial charge is 0.406 e. The fraction of sp³-hybridized carbons (Fsp3) is 0.889. The van der Waals surface area contributed by atoms with Crippen molar-refractivity contribution >= 4 is 5.96 Å². The van der Waals surface area contributed by atoms with Crippen molar-refractivity contribution in [2.24, 2.45) is 10.8 Å². The molecule has 94 valence electrons. The molecule has 0 bridgehead atoms. The second-order valence-electron chi connectivity index (χ2n) is 3.86. The van der Waals surface area contributed by atoms with Gasteiger partial charge in [-0.3, -0.25) is 5.43 Å². The molecule has 0 atom stereocenters. The normalized spacial score (nSPS) is 17.4. The van der Waals surface area contributed by atoms with Crippen molar-refractivity contribution in [3.05, 3.63) is 0 Å². The first-order chi connectivity index (χ1) is 7.46. The maximum absolute atomic E-state index is 12.3. The summed E-state index contributed by atoms with van der Waals surface area (Å²) in [6.45, 7) is 1.08. The number of nitrogens with two attached hydrogens (primary N) is 1. The Balaban J connectivity index is 2.65. The zero-order valence-corrected chi connectivity index (χ0v) is 9.22. The molecule has 0 aromatic heterocycles. The number of hydrogen-bond donors (Lipinski definition) is 2. The number of hydrazine groups is 1. The maximum Gasteiger partial charge on any atom is 0.406 e. The highest BCUT2D eigenvalue weighted by molar-refractivity contribution is 5.79. The third kappa shape index (κ3) is 4.69. The van der Waals surface area contributed by atoms with Crippen LogP contribution in [-0.2, 0) is 0 Å². The van der Waals surface area contributed by atoms with Crippen molar-refractivity contribution in [3.63, 3.8) is 0 Å². The average molecular weight is 238 g/mol. The van der Waals surface area contributed by atoms with Crippen LogP contribution in [0.2, 0.25) is 0 Å². The van der Waals surface area contributed by atoms with Crippen molar-refractivity contribution in [1.29, 1.82) is 0 Å².